The number of hydrogen-bond donors (Lipinski definition) is 1. The zero-order chi connectivity index (χ0) is 22.4. The maximum atomic E-state index is 13.5. The van der Waals surface area contributed by atoms with Crippen LogP contribution in [-0.4, -0.2) is 32.5 Å². The average Bonchev–Trinajstić information content (AvgIpc) is 3.44. The summed E-state index contributed by atoms with van der Waals surface area (Å²) in [4.78, 5) is 42.2. The predicted octanol–water partition coefficient (Wildman–Crippen LogP) is 3.84. The molecule has 1 N–H and O–H groups in total. The topological polar surface area (TPSA) is 97.2 Å². The Labute approximate surface area is 185 Å². The molecular formula is C22H16FN5O3S. The van der Waals surface area contributed by atoms with Crippen molar-refractivity contribution >= 4 is 50.8 Å². The number of anilines is 2. The van der Waals surface area contributed by atoms with Crippen molar-refractivity contribution in [3.63, 3.8) is 0 Å². The van der Waals surface area contributed by atoms with E-state index >= 15 is 0 Å². The Balaban J connectivity index is 1.40. The van der Waals surface area contributed by atoms with E-state index in [1.54, 1.807) is 43.3 Å². The van der Waals surface area contributed by atoms with Gasteiger partial charge in [-0.05, 0) is 49.4 Å². The molecule has 0 saturated carbocycles. The summed E-state index contributed by atoms with van der Waals surface area (Å²) in [7, 11) is 0. The highest BCUT2D eigenvalue weighted by Crippen LogP contribution is 2.28. The Bertz CT molecular complexity index is 1380. The van der Waals surface area contributed by atoms with Gasteiger partial charge in [-0.3, -0.25) is 19.3 Å². The summed E-state index contributed by atoms with van der Waals surface area (Å²) < 4.78 is 15.7. The van der Waals surface area contributed by atoms with Gasteiger partial charge in [-0.1, -0.05) is 11.3 Å². The van der Waals surface area contributed by atoms with E-state index in [2.05, 4.69) is 15.4 Å². The van der Waals surface area contributed by atoms with E-state index in [-0.39, 0.29) is 36.4 Å². The van der Waals surface area contributed by atoms with Crippen LogP contribution in [0, 0.1) is 12.7 Å². The van der Waals surface area contributed by atoms with Crippen LogP contribution in [0.15, 0.2) is 48.5 Å². The number of thiazole rings is 1. The number of nitrogens with zero attached hydrogens (tertiary/aromatic N) is 4. The number of aryl methyl sites for hydroxylation is 1. The van der Waals surface area contributed by atoms with Crippen LogP contribution < -0.4 is 10.2 Å². The summed E-state index contributed by atoms with van der Waals surface area (Å²) in [5.41, 5.74) is 2.10. The zero-order valence-corrected chi connectivity index (χ0v) is 17.6. The number of fused-ring (bicyclic) bond motifs is 1. The van der Waals surface area contributed by atoms with Crippen molar-refractivity contribution in [3.8, 4) is 5.13 Å². The minimum Gasteiger partial charge on any atom is -0.306 e. The van der Waals surface area contributed by atoms with Gasteiger partial charge in [-0.25, -0.2) is 9.37 Å². The molecule has 3 heterocycles. The van der Waals surface area contributed by atoms with Crippen molar-refractivity contribution in [1.29, 1.82) is 0 Å². The van der Waals surface area contributed by atoms with Crippen molar-refractivity contribution in [2.24, 2.45) is 0 Å². The third kappa shape index (κ3) is 3.54. The van der Waals surface area contributed by atoms with Gasteiger partial charge in [0.05, 0.1) is 21.6 Å². The Morgan fingerprint density at radius 1 is 1.06 bits per heavy atom. The quantitative estimate of drug-likeness (QED) is 0.478. The lowest BCUT2D eigenvalue weighted by molar-refractivity contribution is -0.121. The molecule has 1 saturated heterocycles. The first-order valence-corrected chi connectivity index (χ1v) is 10.6. The van der Waals surface area contributed by atoms with Crippen molar-refractivity contribution in [2.45, 2.75) is 19.8 Å². The third-order valence-electron chi connectivity index (χ3n) is 5.03. The summed E-state index contributed by atoms with van der Waals surface area (Å²) in [6, 6.07) is 12.3. The molecular weight excluding hydrogens is 433 g/mol. The second-order valence-electron chi connectivity index (χ2n) is 7.32. The first-order chi connectivity index (χ1) is 15.4. The highest BCUT2D eigenvalue weighted by Gasteiger charge is 2.30. The summed E-state index contributed by atoms with van der Waals surface area (Å²) >= 11 is 1.26. The van der Waals surface area contributed by atoms with Crippen molar-refractivity contribution in [2.75, 3.05) is 10.2 Å². The van der Waals surface area contributed by atoms with Crippen molar-refractivity contribution in [1.82, 2.24) is 14.8 Å². The van der Waals surface area contributed by atoms with E-state index < -0.39 is 0 Å². The molecule has 1 aliphatic heterocycles. The molecule has 0 radical (unpaired) electrons. The van der Waals surface area contributed by atoms with E-state index in [4.69, 9.17) is 0 Å². The number of aromatic nitrogens is 3. The Hall–Kier alpha value is -3.92. The number of benzene rings is 2. The van der Waals surface area contributed by atoms with Gasteiger partial charge in [0.2, 0.25) is 16.9 Å². The average molecular weight is 449 g/mol. The number of rotatable bonds is 4. The molecule has 160 valence electrons. The van der Waals surface area contributed by atoms with Gasteiger partial charge in [-0.15, -0.1) is 0 Å². The fourth-order valence-corrected chi connectivity index (χ4v) is 4.48. The maximum absolute atomic E-state index is 13.5. The lowest BCUT2D eigenvalue weighted by atomic mass is 10.2. The van der Waals surface area contributed by atoms with Crippen LogP contribution in [0.1, 0.15) is 28.9 Å². The van der Waals surface area contributed by atoms with E-state index in [0.29, 0.717) is 38.1 Å². The minimum absolute atomic E-state index is 0.197. The molecule has 5 rings (SSSR count). The van der Waals surface area contributed by atoms with Gasteiger partial charge in [0, 0.05) is 24.5 Å². The van der Waals surface area contributed by atoms with E-state index in [0.717, 1.165) is 4.90 Å². The maximum Gasteiger partial charge on any atom is 0.256 e. The van der Waals surface area contributed by atoms with E-state index in [1.807, 2.05) is 0 Å². The van der Waals surface area contributed by atoms with Crippen LogP contribution in [0.3, 0.4) is 0 Å². The Morgan fingerprint density at radius 3 is 2.50 bits per heavy atom. The highest BCUT2D eigenvalue weighted by molar-refractivity contribution is 7.20. The van der Waals surface area contributed by atoms with Gasteiger partial charge in [-0.2, -0.15) is 9.78 Å². The van der Waals surface area contributed by atoms with Gasteiger partial charge in [0.25, 0.3) is 5.91 Å². The molecule has 3 amide bonds. The predicted molar refractivity (Wildman–Crippen MR) is 118 cm³/mol. The van der Waals surface area contributed by atoms with Crippen LogP contribution in [0.4, 0.5) is 15.9 Å². The Morgan fingerprint density at radius 2 is 1.78 bits per heavy atom. The lowest BCUT2D eigenvalue weighted by Crippen LogP contribution is -2.28. The molecule has 32 heavy (non-hydrogen) atoms. The van der Waals surface area contributed by atoms with Gasteiger partial charge < -0.3 is 5.32 Å². The molecule has 4 aromatic rings. The molecule has 1 aliphatic rings. The minimum atomic E-state index is -0.385. The Kier molecular flexibility index (Phi) is 4.78. The molecule has 1 fully saturated rings. The molecule has 0 atom stereocenters. The van der Waals surface area contributed by atoms with Crippen LogP contribution in [0.2, 0.25) is 0 Å². The van der Waals surface area contributed by atoms with Crippen LogP contribution in [-0.2, 0) is 9.59 Å². The van der Waals surface area contributed by atoms with E-state index in [1.165, 1.54) is 28.2 Å². The second-order valence-corrected chi connectivity index (χ2v) is 8.32. The number of carbonyl (C=O) groups is 3. The fourth-order valence-electron chi connectivity index (χ4n) is 3.53. The van der Waals surface area contributed by atoms with Gasteiger partial charge in [0.15, 0.2) is 0 Å². The largest absolute Gasteiger partial charge is 0.306 e. The molecule has 2 aromatic carbocycles. The number of halogens is 1. The monoisotopic (exact) mass is 449 g/mol. The SMILES string of the molecule is Cc1cc(NC(=O)c2ccc(N3C(=O)CCC3=O)cc2)n(-c2nc3ccc(F)cc3s2)n1. The first kappa shape index (κ1) is 20.0. The van der Waals surface area contributed by atoms with Gasteiger partial charge in [0.1, 0.15) is 11.6 Å². The molecule has 0 aliphatic carbocycles. The van der Waals surface area contributed by atoms with Crippen molar-refractivity contribution < 1.29 is 18.8 Å². The molecule has 8 nitrogen and oxygen atoms in total. The number of hydrogen-bond acceptors (Lipinski definition) is 6. The van der Waals surface area contributed by atoms with Crippen LogP contribution >= 0.6 is 11.3 Å². The molecule has 0 unspecified atom stereocenters. The van der Waals surface area contributed by atoms with Crippen molar-refractivity contribution in [3.05, 3.63) is 65.6 Å². The number of imide groups is 1. The molecule has 10 heteroatoms. The fraction of sp³-hybridized carbons (Fsp3) is 0.136. The number of nitrogens with one attached hydrogen (secondary N) is 1. The van der Waals surface area contributed by atoms with E-state index in [9.17, 15) is 18.8 Å². The normalized spacial score (nSPS) is 13.9. The smallest absolute Gasteiger partial charge is 0.256 e. The third-order valence-corrected chi connectivity index (χ3v) is 6.03. The second kappa shape index (κ2) is 7.65. The number of amides is 3. The first-order valence-electron chi connectivity index (χ1n) is 9.79. The number of carbonyl (C=O) groups excluding carboxylic acids is 3. The molecule has 2 aromatic heterocycles. The zero-order valence-electron chi connectivity index (χ0n) is 16.8. The summed E-state index contributed by atoms with van der Waals surface area (Å²) in [5.74, 6) is -0.812. The van der Waals surface area contributed by atoms with Gasteiger partial charge >= 0.3 is 0 Å². The van der Waals surface area contributed by atoms with Crippen LogP contribution in [0.5, 0.6) is 0 Å². The summed E-state index contributed by atoms with van der Waals surface area (Å²) in [5, 5.41) is 7.71. The molecule has 0 spiro atoms. The molecule has 0 bridgehead atoms. The summed E-state index contributed by atoms with van der Waals surface area (Å²) in [6.45, 7) is 1.79. The highest BCUT2D eigenvalue weighted by atomic mass is 32.1. The lowest BCUT2D eigenvalue weighted by Gasteiger charge is -2.14. The summed E-state index contributed by atoms with van der Waals surface area (Å²) in [6.07, 6.45) is 0.394. The standard InChI is InChI=1S/C22H16FN5O3S/c1-12-10-18(28(26-12)22-24-16-7-4-14(23)11-17(16)32-22)25-21(31)13-2-5-15(6-3-13)27-19(29)8-9-20(27)30/h2-7,10-11H,8-9H2,1H3,(H,25,31). The van der Waals surface area contributed by atoms with Crippen LogP contribution in [0.25, 0.3) is 15.3 Å².